The van der Waals surface area contributed by atoms with Crippen molar-refractivity contribution in [2.24, 2.45) is 0 Å². The number of thioether (sulfide) groups is 1. The maximum absolute atomic E-state index is 12.4. The first-order valence-electron chi connectivity index (χ1n) is 7.43. The first-order valence-corrected chi connectivity index (χ1v) is 8.41. The molecular formula is C18H19N3OS. The molecule has 0 aliphatic rings. The fourth-order valence-electron chi connectivity index (χ4n) is 2.49. The second-order valence-electron chi connectivity index (χ2n) is 5.81. The molecule has 1 aromatic heterocycles. The number of rotatable bonds is 3. The minimum Gasteiger partial charge on any atom is -0.334 e. The van der Waals surface area contributed by atoms with Gasteiger partial charge in [-0.3, -0.25) is 4.79 Å². The van der Waals surface area contributed by atoms with Gasteiger partial charge in [-0.25, -0.2) is 9.66 Å². The van der Waals surface area contributed by atoms with Crippen LogP contribution in [0.1, 0.15) is 22.3 Å². The maximum Gasteiger partial charge on any atom is 0.280 e. The van der Waals surface area contributed by atoms with Gasteiger partial charge in [0.15, 0.2) is 5.16 Å². The first-order chi connectivity index (χ1) is 11.0. The summed E-state index contributed by atoms with van der Waals surface area (Å²) in [5.74, 6) is 6.68. The van der Waals surface area contributed by atoms with E-state index in [1.165, 1.54) is 28.5 Å². The Morgan fingerprint density at radius 3 is 2.57 bits per heavy atom. The van der Waals surface area contributed by atoms with Crippen LogP contribution in [-0.2, 0) is 5.75 Å². The zero-order valence-corrected chi connectivity index (χ0v) is 14.3. The maximum atomic E-state index is 12.4. The second-order valence-corrected chi connectivity index (χ2v) is 6.75. The molecule has 0 amide bonds. The van der Waals surface area contributed by atoms with Crippen molar-refractivity contribution < 1.29 is 0 Å². The van der Waals surface area contributed by atoms with E-state index in [4.69, 9.17) is 5.84 Å². The highest BCUT2D eigenvalue weighted by molar-refractivity contribution is 7.98. The van der Waals surface area contributed by atoms with Crippen LogP contribution in [0.5, 0.6) is 0 Å². The Balaban J connectivity index is 1.97. The lowest BCUT2D eigenvalue weighted by atomic mass is 10.1. The van der Waals surface area contributed by atoms with Crippen molar-refractivity contribution in [1.29, 1.82) is 0 Å². The predicted octanol–water partition coefficient (Wildman–Crippen LogP) is 3.33. The van der Waals surface area contributed by atoms with Crippen LogP contribution in [0, 0.1) is 20.8 Å². The number of aromatic nitrogens is 2. The van der Waals surface area contributed by atoms with Crippen LogP contribution in [0.15, 0.2) is 46.3 Å². The van der Waals surface area contributed by atoms with Crippen LogP contribution in [-0.4, -0.2) is 9.66 Å². The lowest BCUT2D eigenvalue weighted by Crippen LogP contribution is -2.29. The lowest BCUT2D eigenvalue weighted by molar-refractivity contribution is 0.779. The summed E-state index contributed by atoms with van der Waals surface area (Å²) in [5, 5.41) is 1.09. The molecule has 23 heavy (non-hydrogen) atoms. The number of nitrogen functional groups attached to an aromatic ring is 1. The van der Waals surface area contributed by atoms with E-state index < -0.39 is 0 Å². The van der Waals surface area contributed by atoms with Gasteiger partial charge < -0.3 is 5.84 Å². The molecule has 2 aromatic carbocycles. The molecule has 5 heteroatoms. The zero-order valence-electron chi connectivity index (χ0n) is 13.5. The first kappa shape index (κ1) is 15.6. The van der Waals surface area contributed by atoms with Crippen LogP contribution >= 0.6 is 11.8 Å². The average Bonchev–Trinajstić information content (AvgIpc) is 2.53. The van der Waals surface area contributed by atoms with Gasteiger partial charge in [0.25, 0.3) is 5.56 Å². The molecule has 0 unspecified atom stereocenters. The molecule has 2 N–H and O–H groups in total. The van der Waals surface area contributed by atoms with E-state index in [0.717, 1.165) is 16.0 Å². The van der Waals surface area contributed by atoms with Gasteiger partial charge in [-0.1, -0.05) is 47.2 Å². The smallest absolute Gasteiger partial charge is 0.280 e. The topological polar surface area (TPSA) is 60.9 Å². The Bertz CT molecular complexity index is 947. The van der Waals surface area contributed by atoms with Crippen molar-refractivity contribution in [1.82, 2.24) is 9.66 Å². The fourth-order valence-corrected chi connectivity index (χ4v) is 3.47. The highest BCUT2D eigenvalue weighted by atomic mass is 32.2. The Labute approximate surface area is 139 Å². The molecule has 0 atom stereocenters. The normalized spacial score (nSPS) is 11.1. The molecule has 1 heterocycles. The molecule has 3 aromatic rings. The molecule has 0 radical (unpaired) electrons. The molecule has 0 fully saturated rings. The molecule has 0 saturated carbocycles. The molecule has 0 aliphatic carbocycles. The number of aryl methyl sites for hydroxylation is 3. The van der Waals surface area contributed by atoms with E-state index >= 15 is 0 Å². The largest absolute Gasteiger partial charge is 0.334 e. The van der Waals surface area contributed by atoms with Gasteiger partial charge >= 0.3 is 0 Å². The van der Waals surface area contributed by atoms with Crippen molar-refractivity contribution in [2.75, 3.05) is 5.84 Å². The Morgan fingerprint density at radius 1 is 1.09 bits per heavy atom. The number of benzene rings is 2. The van der Waals surface area contributed by atoms with E-state index in [1.807, 2.05) is 25.1 Å². The van der Waals surface area contributed by atoms with Crippen molar-refractivity contribution in [2.45, 2.75) is 31.7 Å². The van der Waals surface area contributed by atoms with Crippen molar-refractivity contribution in [3.05, 3.63) is 69.0 Å². The zero-order chi connectivity index (χ0) is 16.6. The molecule has 118 valence electrons. The van der Waals surface area contributed by atoms with E-state index in [-0.39, 0.29) is 5.56 Å². The number of hydrogen-bond acceptors (Lipinski definition) is 4. The number of nitrogens with zero attached hydrogens (tertiary/aromatic N) is 2. The summed E-state index contributed by atoms with van der Waals surface area (Å²) in [4.78, 5) is 17.0. The van der Waals surface area contributed by atoms with Crippen molar-refractivity contribution in [3.8, 4) is 0 Å². The SMILES string of the molecule is Cc1ccc(C)c(CSc2nc3ccc(C)cc3c(=O)n2N)c1. The summed E-state index contributed by atoms with van der Waals surface area (Å²) in [6, 6.07) is 12.0. The molecule has 0 aliphatic heterocycles. The number of nitrogens with two attached hydrogens (primary N) is 1. The third-order valence-electron chi connectivity index (χ3n) is 3.88. The summed E-state index contributed by atoms with van der Waals surface area (Å²) in [7, 11) is 0. The lowest BCUT2D eigenvalue weighted by Gasteiger charge is -2.10. The van der Waals surface area contributed by atoms with E-state index in [1.54, 1.807) is 0 Å². The molecular weight excluding hydrogens is 306 g/mol. The van der Waals surface area contributed by atoms with Gasteiger partial charge in [0.2, 0.25) is 0 Å². The monoisotopic (exact) mass is 325 g/mol. The van der Waals surface area contributed by atoms with Gasteiger partial charge in [-0.15, -0.1) is 0 Å². The van der Waals surface area contributed by atoms with Crippen molar-refractivity contribution >= 4 is 22.7 Å². The van der Waals surface area contributed by atoms with Crippen LogP contribution in [0.25, 0.3) is 10.9 Å². The predicted molar refractivity (Wildman–Crippen MR) is 96.4 cm³/mol. The summed E-state index contributed by atoms with van der Waals surface area (Å²) < 4.78 is 1.15. The van der Waals surface area contributed by atoms with Gasteiger partial charge in [-0.05, 0) is 44.0 Å². The average molecular weight is 325 g/mol. The van der Waals surface area contributed by atoms with Crippen LogP contribution in [0.4, 0.5) is 0 Å². The Kier molecular flexibility index (Phi) is 4.13. The van der Waals surface area contributed by atoms with Gasteiger partial charge in [0.1, 0.15) is 0 Å². The van der Waals surface area contributed by atoms with Crippen LogP contribution < -0.4 is 11.4 Å². The summed E-state index contributed by atoms with van der Waals surface area (Å²) in [6.07, 6.45) is 0. The minimum absolute atomic E-state index is 0.206. The standard InChI is InChI=1S/C18H19N3OS/c1-11-4-6-13(3)14(8-11)10-23-18-20-16-7-5-12(2)9-15(16)17(22)21(18)19/h4-9H,10,19H2,1-3H3. The third-order valence-corrected chi connectivity index (χ3v) is 4.89. The number of hydrogen-bond donors (Lipinski definition) is 1. The van der Waals surface area contributed by atoms with Crippen LogP contribution in [0.2, 0.25) is 0 Å². The quantitative estimate of drug-likeness (QED) is 0.456. The Morgan fingerprint density at radius 2 is 1.78 bits per heavy atom. The Hall–Kier alpha value is -2.27. The number of fused-ring (bicyclic) bond motifs is 1. The van der Waals surface area contributed by atoms with E-state index in [2.05, 4.69) is 37.0 Å². The minimum atomic E-state index is -0.206. The summed E-state index contributed by atoms with van der Waals surface area (Å²) >= 11 is 1.48. The van der Waals surface area contributed by atoms with E-state index in [9.17, 15) is 4.79 Å². The fraction of sp³-hybridized carbons (Fsp3) is 0.222. The molecule has 0 bridgehead atoms. The highest BCUT2D eigenvalue weighted by Gasteiger charge is 2.10. The summed E-state index contributed by atoms with van der Waals surface area (Å²) in [6.45, 7) is 6.10. The van der Waals surface area contributed by atoms with Crippen LogP contribution in [0.3, 0.4) is 0 Å². The highest BCUT2D eigenvalue weighted by Crippen LogP contribution is 2.23. The van der Waals surface area contributed by atoms with Gasteiger partial charge in [-0.2, -0.15) is 0 Å². The molecule has 0 saturated heterocycles. The second kappa shape index (κ2) is 6.08. The van der Waals surface area contributed by atoms with E-state index in [0.29, 0.717) is 16.1 Å². The third kappa shape index (κ3) is 3.10. The molecule has 4 nitrogen and oxygen atoms in total. The van der Waals surface area contributed by atoms with Gasteiger partial charge in [0, 0.05) is 5.75 Å². The van der Waals surface area contributed by atoms with Gasteiger partial charge in [0.05, 0.1) is 10.9 Å². The molecule has 3 rings (SSSR count). The summed E-state index contributed by atoms with van der Waals surface area (Å²) in [5.41, 5.74) is 5.18. The van der Waals surface area contributed by atoms with Crippen molar-refractivity contribution in [3.63, 3.8) is 0 Å². The molecule has 0 spiro atoms.